The van der Waals surface area contributed by atoms with E-state index in [1.165, 1.54) is 12.1 Å². The van der Waals surface area contributed by atoms with Gasteiger partial charge in [0, 0.05) is 37.1 Å². The number of benzene rings is 1. The van der Waals surface area contributed by atoms with Crippen LogP contribution in [0.1, 0.15) is 25.3 Å². The SMILES string of the molecule is CC(=Cc1ccc(F)cc1)C(=O)NC1CCN(c2ncccn2)CC1. The second-order valence-corrected chi connectivity index (χ2v) is 6.16. The third-order valence-corrected chi connectivity index (χ3v) is 4.28. The van der Waals surface area contributed by atoms with Crippen molar-refractivity contribution >= 4 is 17.9 Å². The lowest BCUT2D eigenvalue weighted by atomic mass is 10.0. The van der Waals surface area contributed by atoms with E-state index in [1.807, 2.05) is 0 Å². The van der Waals surface area contributed by atoms with Crippen molar-refractivity contribution in [2.24, 2.45) is 0 Å². The molecule has 1 aromatic heterocycles. The minimum Gasteiger partial charge on any atom is -0.349 e. The molecular weight excluding hydrogens is 319 g/mol. The average Bonchev–Trinajstić information content (AvgIpc) is 2.65. The molecule has 1 aliphatic heterocycles. The van der Waals surface area contributed by atoms with Crippen molar-refractivity contribution in [2.45, 2.75) is 25.8 Å². The van der Waals surface area contributed by atoms with Gasteiger partial charge in [0.2, 0.25) is 11.9 Å². The summed E-state index contributed by atoms with van der Waals surface area (Å²) in [6, 6.07) is 8.03. The Morgan fingerprint density at radius 2 is 1.84 bits per heavy atom. The summed E-state index contributed by atoms with van der Waals surface area (Å²) in [5.74, 6) is 0.367. The normalized spacial score (nSPS) is 15.9. The first-order valence-electron chi connectivity index (χ1n) is 8.38. The molecule has 0 radical (unpaired) electrons. The van der Waals surface area contributed by atoms with Gasteiger partial charge in [-0.3, -0.25) is 4.79 Å². The van der Waals surface area contributed by atoms with Crippen LogP contribution in [0.5, 0.6) is 0 Å². The predicted octanol–water partition coefficient (Wildman–Crippen LogP) is 2.80. The highest BCUT2D eigenvalue weighted by Crippen LogP contribution is 2.16. The Bertz CT molecular complexity index is 738. The van der Waals surface area contributed by atoms with Gasteiger partial charge in [-0.1, -0.05) is 12.1 Å². The molecule has 6 heteroatoms. The number of carbonyl (C=O) groups excluding carboxylic acids is 1. The van der Waals surface area contributed by atoms with Gasteiger partial charge >= 0.3 is 0 Å². The average molecular weight is 340 g/mol. The molecule has 2 heterocycles. The van der Waals surface area contributed by atoms with E-state index in [9.17, 15) is 9.18 Å². The lowest BCUT2D eigenvalue weighted by Crippen LogP contribution is -2.45. The van der Waals surface area contributed by atoms with Gasteiger partial charge in [-0.15, -0.1) is 0 Å². The lowest BCUT2D eigenvalue weighted by molar-refractivity contribution is -0.118. The van der Waals surface area contributed by atoms with E-state index in [0.717, 1.165) is 37.4 Å². The van der Waals surface area contributed by atoms with E-state index in [0.29, 0.717) is 5.57 Å². The molecule has 0 unspecified atom stereocenters. The second-order valence-electron chi connectivity index (χ2n) is 6.16. The molecule has 1 fully saturated rings. The van der Waals surface area contributed by atoms with Crippen LogP contribution in [-0.2, 0) is 4.79 Å². The quantitative estimate of drug-likeness (QED) is 0.870. The number of halogens is 1. The number of carbonyl (C=O) groups is 1. The molecule has 1 N–H and O–H groups in total. The fraction of sp³-hybridized carbons (Fsp3) is 0.316. The van der Waals surface area contributed by atoms with Crippen LogP contribution in [0.2, 0.25) is 0 Å². The molecule has 0 aliphatic carbocycles. The van der Waals surface area contributed by atoms with Crippen LogP contribution in [0.3, 0.4) is 0 Å². The van der Waals surface area contributed by atoms with E-state index in [2.05, 4.69) is 20.2 Å². The zero-order valence-corrected chi connectivity index (χ0v) is 14.2. The monoisotopic (exact) mass is 340 g/mol. The zero-order chi connectivity index (χ0) is 17.6. The molecular formula is C19H21FN4O. The maximum absolute atomic E-state index is 12.9. The third kappa shape index (κ3) is 4.62. The van der Waals surface area contributed by atoms with Gasteiger partial charge in [-0.25, -0.2) is 14.4 Å². The molecule has 0 bridgehead atoms. The standard InChI is InChI=1S/C19H21FN4O/c1-14(13-15-3-5-16(20)6-4-15)18(25)23-17-7-11-24(12-8-17)19-21-9-2-10-22-19/h2-6,9-10,13,17H,7-8,11-12H2,1H3,(H,23,25). The number of amides is 1. The number of aromatic nitrogens is 2. The fourth-order valence-electron chi connectivity index (χ4n) is 2.85. The molecule has 5 nitrogen and oxygen atoms in total. The highest BCUT2D eigenvalue weighted by Gasteiger charge is 2.22. The number of anilines is 1. The minimum absolute atomic E-state index is 0.0845. The van der Waals surface area contributed by atoms with Crippen molar-refractivity contribution in [1.82, 2.24) is 15.3 Å². The van der Waals surface area contributed by atoms with Gasteiger partial charge in [0.1, 0.15) is 5.82 Å². The largest absolute Gasteiger partial charge is 0.349 e. The second kappa shape index (κ2) is 7.88. The Labute approximate surface area is 146 Å². The van der Waals surface area contributed by atoms with Crippen molar-refractivity contribution < 1.29 is 9.18 Å². The van der Waals surface area contributed by atoms with Gasteiger partial charge in [-0.05, 0) is 49.6 Å². The summed E-state index contributed by atoms with van der Waals surface area (Å²) < 4.78 is 12.9. The summed E-state index contributed by atoms with van der Waals surface area (Å²) in [6.45, 7) is 3.40. The summed E-state index contributed by atoms with van der Waals surface area (Å²) >= 11 is 0. The molecule has 0 spiro atoms. The first-order valence-corrected chi connectivity index (χ1v) is 8.38. The highest BCUT2D eigenvalue weighted by molar-refractivity contribution is 5.97. The van der Waals surface area contributed by atoms with E-state index in [-0.39, 0.29) is 17.8 Å². The molecule has 0 saturated carbocycles. The number of nitrogens with one attached hydrogen (secondary N) is 1. The Morgan fingerprint density at radius 3 is 2.48 bits per heavy atom. The molecule has 1 amide bonds. The van der Waals surface area contributed by atoms with Gasteiger partial charge in [-0.2, -0.15) is 0 Å². The fourth-order valence-corrected chi connectivity index (χ4v) is 2.85. The highest BCUT2D eigenvalue weighted by atomic mass is 19.1. The van der Waals surface area contributed by atoms with E-state index < -0.39 is 0 Å². The summed E-state index contributed by atoms with van der Waals surface area (Å²) in [5.41, 5.74) is 1.42. The van der Waals surface area contributed by atoms with E-state index >= 15 is 0 Å². The summed E-state index contributed by atoms with van der Waals surface area (Å²) in [6.07, 6.45) is 6.95. The number of nitrogens with zero attached hydrogens (tertiary/aromatic N) is 3. The number of piperidine rings is 1. The van der Waals surface area contributed by atoms with Crippen LogP contribution in [0, 0.1) is 5.82 Å². The van der Waals surface area contributed by atoms with E-state index in [4.69, 9.17) is 0 Å². The van der Waals surface area contributed by atoms with Crippen molar-refractivity contribution in [2.75, 3.05) is 18.0 Å². The molecule has 1 aromatic carbocycles. The van der Waals surface area contributed by atoms with Crippen molar-refractivity contribution in [3.05, 3.63) is 59.7 Å². The third-order valence-electron chi connectivity index (χ3n) is 4.28. The van der Waals surface area contributed by atoms with Crippen LogP contribution in [0.15, 0.2) is 48.3 Å². The summed E-state index contributed by atoms with van der Waals surface area (Å²) in [5, 5.41) is 3.07. The molecule has 25 heavy (non-hydrogen) atoms. The summed E-state index contributed by atoms with van der Waals surface area (Å²) in [4.78, 5) is 23.0. The molecule has 1 saturated heterocycles. The molecule has 0 atom stereocenters. The first kappa shape index (κ1) is 17.1. The maximum atomic E-state index is 12.9. The summed E-state index contributed by atoms with van der Waals surface area (Å²) in [7, 11) is 0. The van der Waals surface area contributed by atoms with Crippen LogP contribution < -0.4 is 10.2 Å². The molecule has 2 aromatic rings. The van der Waals surface area contributed by atoms with Gasteiger partial charge in [0.15, 0.2) is 0 Å². The smallest absolute Gasteiger partial charge is 0.247 e. The zero-order valence-electron chi connectivity index (χ0n) is 14.2. The predicted molar refractivity (Wildman–Crippen MR) is 95.5 cm³/mol. The van der Waals surface area contributed by atoms with Crippen molar-refractivity contribution in [3.63, 3.8) is 0 Å². The molecule has 130 valence electrons. The van der Waals surface area contributed by atoms with Crippen molar-refractivity contribution in [1.29, 1.82) is 0 Å². The first-order chi connectivity index (χ1) is 12.1. The van der Waals surface area contributed by atoms with Crippen LogP contribution >= 0.6 is 0 Å². The lowest BCUT2D eigenvalue weighted by Gasteiger charge is -2.32. The van der Waals surface area contributed by atoms with Crippen LogP contribution in [0.4, 0.5) is 10.3 Å². The number of rotatable bonds is 4. The maximum Gasteiger partial charge on any atom is 0.247 e. The van der Waals surface area contributed by atoms with Gasteiger partial charge in [0.05, 0.1) is 0 Å². The van der Waals surface area contributed by atoms with Crippen LogP contribution in [0.25, 0.3) is 6.08 Å². The van der Waals surface area contributed by atoms with Crippen molar-refractivity contribution in [3.8, 4) is 0 Å². The number of hydrogen-bond donors (Lipinski definition) is 1. The Kier molecular flexibility index (Phi) is 5.38. The Balaban J connectivity index is 1.53. The minimum atomic E-state index is -0.284. The van der Waals surface area contributed by atoms with E-state index in [1.54, 1.807) is 43.6 Å². The van der Waals surface area contributed by atoms with Crippen LogP contribution in [-0.4, -0.2) is 35.0 Å². The van der Waals surface area contributed by atoms with Gasteiger partial charge < -0.3 is 10.2 Å². The molecule has 3 rings (SSSR count). The topological polar surface area (TPSA) is 58.1 Å². The van der Waals surface area contributed by atoms with Gasteiger partial charge in [0.25, 0.3) is 0 Å². The Morgan fingerprint density at radius 1 is 1.20 bits per heavy atom. The number of hydrogen-bond acceptors (Lipinski definition) is 4. The molecule has 1 aliphatic rings. The Hall–Kier alpha value is -2.76.